The minimum atomic E-state index is -2.85. The third-order valence-corrected chi connectivity index (χ3v) is 20.0. The number of carbonyl (C=O) groups excluding carboxylic acids is 2. The number of hydrogen-bond donors (Lipinski definition) is 2. The standard InChI is InChI=1S/C52H72N2O9SSi2/c1-8-58-65(59-9-2,60-10-3)36-20-34-53-47(55)30-32-52(33-31-48(56)54-35-21-37-66(61-11-4,62-12-5)63-13-6)43-26-18-16-24-41(43)49(42-25-17-19-27-44(42)52)51-45(57-7)38-64-46-29-28-39-22-14-15-23-40(39)50(46)51/h14-19,22-29,45H,8-13,20-21,30-38H2,1-7H3,(H,53,55)(H,54,56)/t45-/m0/s1. The van der Waals surface area contributed by atoms with Crippen LogP contribution in [0.5, 0.6) is 0 Å². The summed E-state index contributed by atoms with van der Waals surface area (Å²) in [7, 11) is -3.88. The molecule has 6 rings (SSSR count). The zero-order valence-electron chi connectivity index (χ0n) is 40.3. The monoisotopic (exact) mass is 956 g/mol. The van der Waals surface area contributed by atoms with Crippen molar-refractivity contribution < 1.29 is 40.9 Å². The summed E-state index contributed by atoms with van der Waals surface area (Å²) in [5.41, 5.74) is 7.29. The van der Waals surface area contributed by atoms with Crippen molar-refractivity contribution in [1.29, 1.82) is 0 Å². The highest BCUT2D eigenvalue weighted by molar-refractivity contribution is 7.99. The minimum absolute atomic E-state index is 0.0378. The number of nitrogens with one attached hydrogen (secondary N) is 2. The van der Waals surface area contributed by atoms with E-state index >= 15 is 0 Å². The van der Waals surface area contributed by atoms with Gasteiger partial charge < -0.3 is 41.9 Å². The molecule has 1 aliphatic carbocycles. The molecule has 11 nitrogen and oxygen atoms in total. The smallest absolute Gasteiger partial charge is 0.376 e. The highest BCUT2D eigenvalue weighted by Crippen LogP contribution is 2.55. The molecule has 2 amide bonds. The third kappa shape index (κ3) is 11.9. The van der Waals surface area contributed by atoms with Crippen LogP contribution in [0, 0.1) is 0 Å². The Morgan fingerprint density at radius 1 is 0.621 bits per heavy atom. The second kappa shape index (κ2) is 25.1. The summed E-state index contributed by atoms with van der Waals surface area (Å²) in [4.78, 5) is 29.3. The lowest BCUT2D eigenvalue weighted by Crippen LogP contribution is -2.46. The fourth-order valence-electron chi connectivity index (χ4n) is 9.91. The molecule has 1 aliphatic heterocycles. The Balaban J connectivity index is 1.35. The molecule has 0 aromatic heterocycles. The lowest BCUT2D eigenvalue weighted by Gasteiger charge is -2.44. The first-order valence-corrected chi connectivity index (χ1v) is 29.0. The molecular formula is C52H72N2O9SSi2. The van der Waals surface area contributed by atoms with Crippen LogP contribution in [0.3, 0.4) is 0 Å². The van der Waals surface area contributed by atoms with E-state index in [9.17, 15) is 9.59 Å². The Kier molecular flexibility index (Phi) is 19.7. The van der Waals surface area contributed by atoms with Gasteiger partial charge in [0.1, 0.15) is 0 Å². The van der Waals surface area contributed by atoms with Gasteiger partial charge in [-0.3, -0.25) is 9.59 Å². The summed E-state index contributed by atoms with van der Waals surface area (Å²) in [6.07, 6.45) is 2.72. The van der Waals surface area contributed by atoms with Crippen LogP contribution in [-0.2, 0) is 46.3 Å². The van der Waals surface area contributed by atoms with Crippen LogP contribution in [0.2, 0.25) is 12.1 Å². The maximum atomic E-state index is 14.0. The number of hydrogen-bond acceptors (Lipinski definition) is 10. The van der Waals surface area contributed by atoms with Crippen LogP contribution < -0.4 is 10.6 Å². The average molecular weight is 957 g/mol. The minimum Gasteiger partial charge on any atom is -0.376 e. The molecule has 358 valence electrons. The molecule has 0 bridgehead atoms. The van der Waals surface area contributed by atoms with Gasteiger partial charge >= 0.3 is 17.6 Å². The molecule has 1 heterocycles. The second-order valence-electron chi connectivity index (χ2n) is 16.5. The molecule has 0 unspecified atom stereocenters. The Morgan fingerprint density at radius 2 is 1.08 bits per heavy atom. The van der Waals surface area contributed by atoms with E-state index in [-0.39, 0.29) is 30.8 Å². The largest absolute Gasteiger partial charge is 0.500 e. The highest BCUT2D eigenvalue weighted by atomic mass is 32.2. The lowest BCUT2D eigenvalue weighted by atomic mass is 9.60. The van der Waals surface area contributed by atoms with Gasteiger partial charge in [0, 0.05) is 106 Å². The van der Waals surface area contributed by atoms with Crippen molar-refractivity contribution in [2.24, 2.45) is 0 Å². The molecule has 1 atom stereocenters. The topological polar surface area (TPSA) is 123 Å². The summed E-state index contributed by atoms with van der Waals surface area (Å²) in [5.74, 6) is 0.705. The van der Waals surface area contributed by atoms with Crippen LogP contribution in [0.15, 0.2) is 89.8 Å². The van der Waals surface area contributed by atoms with Gasteiger partial charge in [-0.25, -0.2) is 0 Å². The van der Waals surface area contributed by atoms with E-state index in [1.807, 2.05) is 60.4 Å². The molecule has 0 spiro atoms. The fraction of sp³-hybridized carbons (Fsp3) is 0.500. The summed E-state index contributed by atoms with van der Waals surface area (Å²) < 4.78 is 42.8. The average Bonchev–Trinajstić information content (AvgIpc) is 3.33. The van der Waals surface area contributed by atoms with Crippen LogP contribution in [0.4, 0.5) is 0 Å². The van der Waals surface area contributed by atoms with Crippen molar-refractivity contribution in [2.75, 3.05) is 65.6 Å². The number of carbonyl (C=O) groups is 2. The predicted molar refractivity (Wildman–Crippen MR) is 270 cm³/mol. The van der Waals surface area contributed by atoms with E-state index in [1.54, 1.807) is 0 Å². The van der Waals surface area contributed by atoms with Crippen LogP contribution in [-0.4, -0.2) is 101 Å². The Hall–Kier alpha value is -3.68. The molecule has 0 radical (unpaired) electrons. The number of thioether (sulfide) groups is 1. The Morgan fingerprint density at radius 3 is 1.55 bits per heavy atom. The maximum absolute atomic E-state index is 14.0. The lowest BCUT2D eigenvalue weighted by molar-refractivity contribution is -0.121. The molecule has 0 saturated heterocycles. The van der Waals surface area contributed by atoms with Gasteiger partial charge in [-0.15, -0.1) is 11.8 Å². The number of rotatable bonds is 27. The predicted octanol–water partition coefficient (Wildman–Crippen LogP) is 10.2. The van der Waals surface area contributed by atoms with Crippen molar-refractivity contribution in [3.63, 3.8) is 0 Å². The van der Waals surface area contributed by atoms with Crippen molar-refractivity contribution in [3.8, 4) is 0 Å². The molecule has 0 fully saturated rings. The van der Waals surface area contributed by atoms with Crippen molar-refractivity contribution >= 4 is 63.1 Å². The van der Waals surface area contributed by atoms with Crippen molar-refractivity contribution in [2.45, 2.75) is 109 Å². The zero-order chi connectivity index (χ0) is 47.0. The summed E-state index contributed by atoms with van der Waals surface area (Å²) >= 11 is 1.84. The Bertz CT molecular complexity index is 2120. The molecule has 66 heavy (non-hydrogen) atoms. The molecule has 0 saturated carbocycles. The van der Waals surface area contributed by atoms with Crippen molar-refractivity contribution in [3.05, 3.63) is 113 Å². The number of ether oxygens (including phenoxy) is 1. The highest BCUT2D eigenvalue weighted by Gasteiger charge is 2.45. The van der Waals surface area contributed by atoms with E-state index in [1.165, 1.54) is 26.8 Å². The quantitative estimate of drug-likeness (QED) is 0.0441. The normalized spacial score (nSPS) is 15.6. The molecular weight excluding hydrogens is 885 g/mol. The Labute approximate surface area is 399 Å². The third-order valence-electron chi connectivity index (χ3n) is 12.6. The van der Waals surface area contributed by atoms with Gasteiger partial charge in [-0.2, -0.15) is 0 Å². The second-order valence-corrected chi connectivity index (χ2v) is 23.1. The molecule has 4 aromatic carbocycles. The van der Waals surface area contributed by atoms with Gasteiger partial charge in [0.15, 0.2) is 0 Å². The fourth-order valence-corrected chi connectivity index (χ4v) is 16.3. The SMILES string of the molecule is CCO[Si](CCCNC(=O)CCC1(CCC(=O)NCCC[Si](OCC)(OCC)OCC)c2ccccc2C(=C2c3c(ccc4ccccc34)SC[C@@H]2OC)c2ccccc21)(OCC)OCC. The van der Waals surface area contributed by atoms with E-state index in [4.69, 9.17) is 31.3 Å². The van der Waals surface area contributed by atoms with Gasteiger partial charge in [0.25, 0.3) is 0 Å². The van der Waals surface area contributed by atoms with Crippen molar-refractivity contribution in [1.82, 2.24) is 10.6 Å². The molecule has 4 aromatic rings. The van der Waals surface area contributed by atoms with E-state index in [0.717, 1.165) is 33.6 Å². The summed E-state index contributed by atoms with van der Waals surface area (Å²) in [5, 5.41) is 8.79. The first kappa shape index (κ1) is 51.7. The van der Waals surface area contributed by atoms with Crippen LogP contribution >= 0.6 is 11.8 Å². The first-order chi connectivity index (χ1) is 32.2. The number of amides is 2. The van der Waals surface area contributed by atoms with E-state index in [0.29, 0.717) is 90.5 Å². The van der Waals surface area contributed by atoms with Crippen LogP contribution in [0.1, 0.15) is 108 Å². The van der Waals surface area contributed by atoms with E-state index in [2.05, 4.69) is 95.6 Å². The zero-order valence-corrected chi connectivity index (χ0v) is 43.1. The number of fused-ring (bicyclic) bond motifs is 5. The molecule has 2 aliphatic rings. The number of benzene rings is 4. The summed E-state index contributed by atoms with van der Waals surface area (Å²) in [6, 6.07) is 31.5. The molecule has 2 N–H and O–H groups in total. The van der Waals surface area contributed by atoms with Gasteiger partial charge in [0.2, 0.25) is 11.8 Å². The first-order valence-electron chi connectivity index (χ1n) is 24.2. The van der Waals surface area contributed by atoms with Gasteiger partial charge in [-0.1, -0.05) is 78.9 Å². The maximum Gasteiger partial charge on any atom is 0.500 e. The van der Waals surface area contributed by atoms with Crippen LogP contribution in [0.25, 0.3) is 21.9 Å². The summed E-state index contributed by atoms with van der Waals surface area (Å²) in [6.45, 7) is 15.7. The van der Waals surface area contributed by atoms with Gasteiger partial charge in [-0.05, 0) is 117 Å². The number of methoxy groups -OCH3 is 1. The molecule has 14 heteroatoms. The van der Waals surface area contributed by atoms with E-state index < -0.39 is 23.0 Å². The van der Waals surface area contributed by atoms with Gasteiger partial charge in [0.05, 0.1) is 6.10 Å².